The van der Waals surface area contributed by atoms with Gasteiger partial charge in [-0.05, 0) is 43.7 Å². The number of nitrogens with zero attached hydrogens (tertiary/aromatic N) is 2. The number of rotatable bonds is 5. The van der Waals surface area contributed by atoms with Gasteiger partial charge < -0.3 is 10.2 Å². The van der Waals surface area contributed by atoms with Crippen LogP contribution in [0.2, 0.25) is 0 Å². The lowest BCUT2D eigenvalue weighted by Crippen LogP contribution is -2.41. The maximum absolute atomic E-state index is 12.0. The average molecular weight is 386 g/mol. The molecule has 1 aliphatic heterocycles. The van der Waals surface area contributed by atoms with Crippen LogP contribution in [0.4, 0.5) is 5.69 Å². The van der Waals surface area contributed by atoms with Crippen molar-refractivity contribution < 1.29 is 4.79 Å². The summed E-state index contributed by atoms with van der Waals surface area (Å²) < 4.78 is 0. The molecule has 2 aromatic carbocycles. The Hall–Kier alpha value is -2.88. The van der Waals surface area contributed by atoms with Crippen LogP contribution in [0.1, 0.15) is 25.7 Å². The lowest BCUT2D eigenvalue weighted by Gasteiger charge is -2.35. The fourth-order valence-electron chi connectivity index (χ4n) is 4.36. The van der Waals surface area contributed by atoms with Crippen molar-refractivity contribution >= 4 is 22.5 Å². The third-order valence-electron chi connectivity index (χ3n) is 6.14. The van der Waals surface area contributed by atoms with E-state index in [-0.39, 0.29) is 11.8 Å². The molecule has 1 unspecified atom stereocenters. The van der Waals surface area contributed by atoms with Crippen LogP contribution in [0.15, 0.2) is 60.7 Å². The van der Waals surface area contributed by atoms with Gasteiger partial charge in [0.15, 0.2) is 0 Å². The zero-order chi connectivity index (χ0) is 19.6. The molecule has 1 aromatic heterocycles. The Balaban J connectivity index is 1.42. The van der Waals surface area contributed by atoms with Crippen LogP contribution in [0.3, 0.4) is 0 Å². The molecule has 2 heterocycles. The SMILES string of the molecule is O=C(NCC1CCCN(c2cc(-c3ccccc3)nc3ccccc23)C1)C1CC1. The van der Waals surface area contributed by atoms with Crippen molar-refractivity contribution in [3.63, 3.8) is 0 Å². The second kappa shape index (κ2) is 7.86. The minimum absolute atomic E-state index is 0.253. The van der Waals surface area contributed by atoms with Crippen LogP contribution < -0.4 is 10.2 Å². The number of carbonyl (C=O) groups excluding carboxylic acids is 1. The van der Waals surface area contributed by atoms with Gasteiger partial charge in [0.25, 0.3) is 0 Å². The first-order valence-corrected chi connectivity index (χ1v) is 10.8. The summed E-state index contributed by atoms with van der Waals surface area (Å²) in [5.41, 5.74) is 4.45. The molecular weight excluding hydrogens is 358 g/mol. The minimum Gasteiger partial charge on any atom is -0.371 e. The number of anilines is 1. The van der Waals surface area contributed by atoms with Gasteiger partial charge in [-0.25, -0.2) is 4.98 Å². The van der Waals surface area contributed by atoms with Crippen molar-refractivity contribution in [2.45, 2.75) is 25.7 Å². The minimum atomic E-state index is 0.253. The normalized spacial score (nSPS) is 19.3. The standard InChI is InChI=1S/C25H27N3O/c29-25(20-12-13-20)26-16-18-7-6-14-28(17-18)24-15-23(19-8-2-1-3-9-19)27-22-11-5-4-10-21(22)24/h1-5,8-11,15,18,20H,6-7,12-14,16-17H2,(H,26,29). The largest absolute Gasteiger partial charge is 0.371 e. The van der Waals surface area contributed by atoms with Crippen LogP contribution in [-0.4, -0.2) is 30.5 Å². The number of para-hydroxylation sites is 1. The van der Waals surface area contributed by atoms with E-state index in [9.17, 15) is 4.79 Å². The number of benzene rings is 2. The van der Waals surface area contributed by atoms with E-state index in [1.165, 1.54) is 17.5 Å². The number of piperidine rings is 1. The molecule has 148 valence electrons. The molecule has 29 heavy (non-hydrogen) atoms. The summed E-state index contributed by atoms with van der Waals surface area (Å²) in [7, 11) is 0. The number of amides is 1. The van der Waals surface area contributed by atoms with Gasteiger partial charge in [0.2, 0.25) is 5.91 Å². The van der Waals surface area contributed by atoms with Crippen LogP contribution in [0.5, 0.6) is 0 Å². The molecular formula is C25H27N3O. The van der Waals surface area contributed by atoms with E-state index in [0.29, 0.717) is 5.92 Å². The second-order valence-electron chi connectivity index (χ2n) is 8.38. The number of pyridine rings is 1. The highest BCUT2D eigenvalue weighted by molar-refractivity contribution is 5.94. The van der Waals surface area contributed by atoms with Gasteiger partial charge in [-0.1, -0.05) is 48.5 Å². The molecule has 4 heteroatoms. The molecule has 2 fully saturated rings. The number of hydrogen-bond acceptors (Lipinski definition) is 3. The number of carbonyl (C=O) groups is 1. The first-order chi connectivity index (χ1) is 14.3. The lowest BCUT2D eigenvalue weighted by atomic mass is 9.96. The zero-order valence-electron chi connectivity index (χ0n) is 16.7. The first-order valence-electron chi connectivity index (χ1n) is 10.8. The molecule has 1 N–H and O–H groups in total. The zero-order valence-corrected chi connectivity index (χ0v) is 16.7. The van der Waals surface area contributed by atoms with E-state index in [4.69, 9.17) is 4.98 Å². The van der Waals surface area contributed by atoms with E-state index in [2.05, 4.69) is 64.8 Å². The summed E-state index contributed by atoms with van der Waals surface area (Å²) in [5.74, 6) is 1.04. The molecule has 1 saturated carbocycles. The molecule has 5 rings (SSSR count). The molecule has 0 radical (unpaired) electrons. The van der Waals surface area contributed by atoms with Gasteiger partial charge in [0.1, 0.15) is 0 Å². The maximum Gasteiger partial charge on any atom is 0.223 e. The van der Waals surface area contributed by atoms with Crippen LogP contribution >= 0.6 is 0 Å². The van der Waals surface area contributed by atoms with Crippen molar-refractivity contribution in [2.75, 3.05) is 24.5 Å². The molecule has 4 nitrogen and oxygen atoms in total. The smallest absolute Gasteiger partial charge is 0.223 e. The third-order valence-corrected chi connectivity index (χ3v) is 6.14. The van der Waals surface area contributed by atoms with Gasteiger partial charge in [-0.3, -0.25) is 4.79 Å². The van der Waals surface area contributed by atoms with Gasteiger partial charge in [0, 0.05) is 42.2 Å². The summed E-state index contributed by atoms with van der Waals surface area (Å²) in [6.45, 7) is 2.82. The van der Waals surface area contributed by atoms with Crippen LogP contribution in [-0.2, 0) is 4.79 Å². The molecule has 0 bridgehead atoms. The Morgan fingerprint density at radius 2 is 1.83 bits per heavy atom. The van der Waals surface area contributed by atoms with Crippen molar-refractivity contribution in [2.24, 2.45) is 11.8 Å². The Bertz CT molecular complexity index is 1010. The number of aromatic nitrogens is 1. The van der Waals surface area contributed by atoms with E-state index in [1.54, 1.807) is 0 Å². The molecule has 1 atom stereocenters. The Morgan fingerprint density at radius 1 is 1.03 bits per heavy atom. The molecule has 3 aromatic rings. The van der Waals surface area contributed by atoms with Crippen molar-refractivity contribution in [3.8, 4) is 11.3 Å². The Morgan fingerprint density at radius 3 is 2.66 bits per heavy atom. The second-order valence-corrected chi connectivity index (χ2v) is 8.38. The Kier molecular flexibility index (Phi) is 4.92. The number of nitrogens with one attached hydrogen (secondary N) is 1. The predicted octanol–water partition coefficient (Wildman–Crippen LogP) is 4.64. The first kappa shape index (κ1) is 18.2. The summed E-state index contributed by atoms with van der Waals surface area (Å²) in [6.07, 6.45) is 4.46. The highest BCUT2D eigenvalue weighted by Crippen LogP contribution is 2.33. The fourth-order valence-corrected chi connectivity index (χ4v) is 4.36. The quantitative estimate of drug-likeness (QED) is 0.696. The van der Waals surface area contributed by atoms with Gasteiger partial charge in [-0.15, -0.1) is 0 Å². The average Bonchev–Trinajstić information content (AvgIpc) is 3.63. The summed E-state index contributed by atoms with van der Waals surface area (Å²) in [5, 5.41) is 4.39. The third kappa shape index (κ3) is 3.98. The highest BCUT2D eigenvalue weighted by Gasteiger charge is 2.30. The van der Waals surface area contributed by atoms with E-state index < -0.39 is 0 Å². The molecule has 1 aliphatic carbocycles. The predicted molar refractivity (Wildman–Crippen MR) is 118 cm³/mol. The van der Waals surface area contributed by atoms with Gasteiger partial charge >= 0.3 is 0 Å². The maximum atomic E-state index is 12.0. The van der Waals surface area contributed by atoms with Crippen LogP contribution in [0.25, 0.3) is 22.2 Å². The van der Waals surface area contributed by atoms with E-state index in [1.807, 2.05) is 6.07 Å². The fraction of sp³-hybridized carbons (Fsp3) is 0.360. The van der Waals surface area contributed by atoms with Crippen LogP contribution in [0, 0.1) is 11.8 Å². The monoisotopic (exact) mass is 385 g/mol. The van der Waals surface area contributed by atoms with Crippen molar-refractivity contribution in [1.29, 1.82) is 0 Å². The van der Waals surface area contributed by atoms with Crippen molar-refractivity contribution in [3.05, 3.63) is 60.7 Å². The molecule has 0 spiro atoms. The summed E-state index contributed by atoms with van der Waals surface area (Å²) >= 11 is 0. The topological polar surface area (TPSA) is 45.2 Å². The summed E-state index contributed by atoms with van der Waals surface area (Å²) in [4.78, 5) is 19.5. The highest BCUT2D eigenvalue weighted by atomic mass is 16.2. The molecule has 1 saturated heterocycles. The van der Waals surface area contributed by atoms with Crippen molar-refractivity contribution in [1.82, 2.24) is 10.3 Å². The number of hydrogen-bond donors (Lipinski definition) is 1. The molecule has 2 aliphatic rings. The lowest BCUT2D eigenvalue weighted by molar-refractivity contribution is -0.122. The van der Waals surface area contributed by atoms with E-state index in [0.717, 1.165) is 55.7 Å². The number of fused-ring (bicyclic) bond motifs is 1. The summed E-state index contributed by atoms with van der Waals surface area (Å²) in [6, 6.07) is 21.1. The van der Waals surface area contributed by atoms with Gasteiger partial charge in [-0.2, -0.15) is 0 Å². The van der Waals surface area contributed by atoms with Gasteiger partial charge in [0.05, 0.1) is 11.2 Å². The molecule has 1 amide bonds. The van der Waals surface area contributed by atoms with E-state index >= 15 is 0 Å². The Labute approximate surface area is 171 Å².